The van der Waals surface area contributed by atoms with Crippen molar-refractivity contribution in [2.45, 2.75) is 37.9 Å². The minimum Gasteiger partial charge on any atom is -0.467 e. The van der Waals surface area contributed by atoms with Crippen LogP contribution in [-0.4, -0.2) is 27.6 Å². The van der Waals surface area contributed by atoms with E-state index in [0.717, 1.165) is 25.7 Å². The molecule has 0 saturated heterocycles. The average Bonchev–Trinajstić information content (AvgIpc) is 2.56. The van der Waals surface area contributed by atoms with Crippen LogP contribution in [0.25, 0.3) is 0 Å². The molecule has 1 fully saturated rings. The average molecular weight is 199 g/mol. The summed E-state index contributed by atoms with van der Waals surface area (Å²) in [5.74, 6) is 0.304. The maximum atomic E-state index is 9.61. The van der Waals surface area contributed by atoms with Gasteiger partial charge in [0.25, 0.3) is 0 Å². The van der Waals surface area contributed by atoms with Crippen molar-refractivity contribution in [2.24, 2.45) is 0 Å². The maximum Gasteiger partial charge on any atom is 0.300 e. The van der Waals surface area contributed by atoms with E-state index in [1.165, 1.54) is 0 Å². The largest absolute Gasteiger partial charge is 0.467 e. The molecule has 3 N–H and O–H groups in total. The summed E-state index contributed by atoms with van der Waals surface area (Å²) in [6.07, 6.45) is 2.97. The van der Waals surface area contributed by atoms with Crippen LogP contribution in [-0.2, 0) is 0 Å². The van der Waals surface area contributed by atoms with Gasteiger partial charge in [-0.2, -0.15) is 0 Å². The number of anilines is 1. The molecule has 1 aliphatic rings. The second-order valence-corrected chi connectivity index (χ2v) is 3.46. The summed E-state index contributed by atoms with van der Waals surface area (Å²) < 4.78 is 9.79. The van der Waals surface area contributed by atoms with Crippen LogP contribution in [0.2, 0.25) is 0 Å². The van der Waals surface area contributed by atoms with Crippen molar-refractivity contribution in [1.29, 1.82) is 0 Å². The van der Waals surface area contributed by atoms with Gasteiger partial charge in [-0.25, -0.2) is 4.63 Å². The molecule has 0 radical (unpaired) electrons. The second kappa shape index (κ2) is 3.83. The number of hydrogen-bond acceptors (Lipinski definition) is 6. The van der Waals surface area contributed by atoms with Gasteiger partial charge in [0.05, 0.1) is 6.10 Å². The van der Waals surface area contributed by atoms with E-state index in [4.69, 9.17) is 10.5 Å². The first-order valence-corrected chi connectivity index (χ1v) is 4.70. The molecule has 0 aliphatic heterocycles. The summed E-state index contributed by atoms with van der Waals surface area (Å²) in [6.45, 7) is 0. The van der Waals surface area contributed by atoms with E-state index in [2.05, 4.69) is 14.9 Å². The highest BCUT2D eigenvalue weighted by Crippen LogP contribution is 2.24. The van der Waals surface area contributed by atoms with Gasteiger partial charge in [-0.3, -0.25) is 0 Å². The second-order valence-electron chi connectivity index (χ2n) is 3.46. The number of nitrogens with zero attached hydrogens (tertiary/aromatic N) is 2. The Bertz CT molecular complexity index is 302. The topological polar surface area (TPSA) is 94.4 Å². The Labute approximate surface area is 81.0 Å². The highest BCUT2D eigenvalue weighted by Gasteiger charge is 2.26. The summed E-state index contributed by atoms with van der Waals surface area (Å²) in [4.78, 5) is 0. The third-order valence-electron chi connectivity index (χ3n) is 2.41. The van der Waals surface area contributed by atoms with Crippen LogP contribution in [0.4, 0.5) is 5.82 Å². The SMILES string of the molecule is Nc1nonc1OC1CCCCC1O. The van der Waals surface area contributed by atoms with E-state index in [1.54, 1.807) is 0 Å². The Balaban J connectivity index is 1.99. The number of aromatic nitrogens is 2. The molecule has 0 aromatic carbocycles. The van der Waals surface area contributed by atoms with Crippen LogP contribution in [0.15, 0.2) is 4.63 Å². The van der Waals surface area contributed by atoms with Crippen molar-refractivity contribution in [3.63, 3.8) is 0 Å². The first-order chi connectivity index (χ1) is 6.77. The summed E-state index contributed by atoms with van der Waals surface area (Å²) in [5.41, 5.74) is 5.43. The van der Waals surface area contributed by atoms with Gasteiger partial charge in [-0.15, -0.1) is 0 Å². The minimum absolute atomic E-state index is 0.128. The van der Waals surface area contributed by atoms with Crippen molar-refractivity contribution >= 4 is 5.82 Å². The molecular weight excluding hydrogens is 186 g/mol. The quantitative estimate of drug-likeness (QED) is 0.713. The van der Waals surface area contributed by atoms with Crippen molar-refractivity contribution < 1.29 is 14.5 Å². The Hall–Kier alpha value is -1.30. The van der Waals surface area contributed by atoms with Gasteiger partial charge in [-0.05, 0) is 29.6 Å². The summed E-state index contributed by atoms with van der Waals surface area (Å²) in [5, 5.41) is 16.5. The van der Waals surface area contributed by atoms with E-state index in [-0.39, 0.29) is 17.8 Å². The lowest BCUT2D eigenvalue weighted by molar-refractivity contribution is 0.00315. The Kier molecular flexibility index (Phi) is 2.53. The third-order valence-corrected chi connectivity index (χ3v) is 2.41. The Morgan fingerprint density at radius 1 is 1.36 bits per heavy atom. The fourth-order valence-electron chi connectivity index (χ4n) is 1.63. The van der Waals surface area contributed by atoms with Gasteiger partial charge in [0.15, 0.2) is 0 Å². The van der Waals surface area contributed by atoms with Gasteiger partial charge in [0.2, 0.25) is 5.82 Å². The molecular formula is C8H13N3O3. The predicted octanol–water partition coefficient (Wildman–Crippen LogP) is 0.334. The zero-order valence-corrected chi connectivity index (χ0v) is 7.72. The Morgan fingerprint density at radius 3 is 2.79 bits per heavy atom. The maximum absolute atomic E-state index is 9.61. The van der Waals surface area contributed by atoms with Crippen molar-refractivity contribution in [1.82, 2.24) is 10.3 Å². The van der Waals surface area contributed by atoms with Gasteiger partial charge in [0.1, 0.15) is 6.10 Å². The first-order valence-electron chi connectivity index (χ1n) is 4.70. The predicted molar refractivity (Wildman–Crippen MR) is 47.6 cm³/mol. The van der Waals surface area contributed by atoms with Crippen LogP contribution >= 0.6 is 0 Å². The van der Waals surface area contributed by atoms with E-state index in [1.807, 2.05) is 0 Å². The van der Waals surface area contributed by atoms with Crippen LogP contribution in [0, 0.1) is 0 Å². The van der Waals surface area contributed by atoms with Gasteiger partial charge in [0, 0.05) is 0 Å². The molecule has 0 spiro atoms. The number of nitrogens with two attached hydrogens (primary N) is 1. The molecule has 6 nitrogen and oxygen atoms in total. The molecule has 2 rings (SSSR count). The molecule has 0 amide bonds. The van der Waals surface area contributed by atoms with Gasteiger partial charge < -0.3 is 15.6 Å². The fourth-order valence-corrected chi connectivity index (χ4v) is 1.63. The minimum atomic E-state index is -0.445. The fraction of sp³-hybridized carbons (Fsp3) is 0.750. The standard InChI is InChI=1S/C8H13N3O3/c9-7-8(11-14-10-7)13-6-4-2-1-3-5(6)12/h5-6,12H,1-4H2,(H2,9,10). The number of rotatable bonds is 2. The van der Waals surface area contributed by atoms with E-state index < -0.39 is 6.10 Å². The number of ether oxygens (including phenoxy) is 1. The molecule has 1 aromatic heterocycles. The third kappa shape index (κ3) is 1.79. The molecule has 1 aromatic rings. The van der Waals surface area contributed by atoms with E-state index in [0.29, 0.717) is 0 Å². The smallest absolute Gasteiger partial charge is 0.300 e. The molecule has 1 heterocycles. The molecule has 78 valence electrons. The van der Waals surface area contributed by atoms with Crippen molar-refractivity contribution in [3.8, 4) is 5.88 Å². The summed E-state index contributed by atoms with van der Waals surface area (Å²) in [6, 6.07) is 0. The zero-order chi connectivity index (χ0) is 9.97. The van der Waals surface area contributed by atoms with Gasteiger partial charge in [-0.1, -0.05) is 6.42 Å². The monoisotopic (exact) mass is 199 g/mol. The highest BCUT2D eigenvalue weighted by atomic mass is 16.6. The highest BCUT2D eigenvalue weighted by molar-refractivity contribution is 5.37. The lowest BCUT2D eigenvalue weighted by Gasteiger charge is -2.26. The number of aliphatic hydroxyl groups is 1. The first kappa shape index (κ1) is 9.26. The normalized spacial score (nSPS) is 27.5. The van der Waals surface area contributed by atoms with Gasteiger partial charge >= 0.3 is 5.88 Å². The molecule has 0 bridgehead atoms. The van der Waals surface area contributed by atoms with Crippen molar-refractivity contribution in [3.05, 3.63) is 0 Å². The van der Waals surface area contributed by atoms with Crippen LogP contribution in [0.3, 0.4) is 0 Å². The number of hydrogen-bond donors (Lipinski definition) is 2. The lowest BCUT2D eigenvalue weighted by Crippen LogP contribution is -2.34. The molecule has 2 atom stereocenters. The van der Waals surface area contributed by atoms with E-state index >= 15 is 0 Å². The van der Waals surface area contributed by atoms with E-state index in [9.17, 15) is 5.11 Å². The summed E-state index contributed by atoms with van der Waals surface area (Å²) >= 11 is 0. The van der Waals surface area contributed by atoms with Crippen LogP contribution in [0.1, 0.15) is 25.7 Å². The molecule has 1 aliphatic carbocycles. The van der Waals surface area contributed by atoms with Crippen LogP contribution in [0.5, 0.6) is 5.88 Å². The number of nitrogen functional groups attached to an aromatic ring is 1. The number of aliphatic hydroxyl groups excluding tert-OH is 1. The van der Waals surface area contributed by atoms with Crippen molar-refractivity contribution in [2.75, 3.05) is 5.73 Å². The summed E-state index contributed by atoms with van der Waals surface area (Å²) in [7, 11) is 0. The molecule has 2 unspecified atom stereocenters. The molecule has 1 saturated carbocycles. The zero-order valence-electron chi connectivity index (χ0n) is 7.72. The Morgan fingerprint density at radius 2 is 2.14 bits per heavy atom. The lowest BCUT2D eigenvalue weighted by atomic mass is 9.95. The van der Waals surface area contributed by atoms with Crippen LogP contribution < -0.4 is 10.5 Å². The molecule has 14 heavy (non-hydrogen) atoms. The molecule has 6 heteroatoms.